The first-order chi connectivity index (χ1) is 9.51. The zero-order chi connectivity index (χ0) is 14.7. The Bertz CT molecular complexity index is 693. The van der Waals surface area contributed by atoms with E-state index in [4.69, 9.17) is 0 Å². The highest BCUT2D eigenvalue weighted by Crippen LogP contribution is 2.14. The number of aromatic nitrogens is 3. The van der Waals surface area contributed by atoms with Gasteiger partial charge in [0.1, 0.15) is 5.82 Å². The van der Waals surface area contributed by atoms with Gasteiger partial charge in [0.25, 0.3) is 11.2 Å². The van der Waals surface area contributed by atoms with Crippen molar-refractivity contribution in [2.75, 3.05) is 12.4 Å². The summed E-state index contributed by atoms with van der Waals surface area (Å²) in [5, 5.41) is 13.7. The van der Waals surface area contributed by atoms with Gasteiger partial charge < -0.3 is 9.88 Å². The summed E-state index contributed by atoms with van der Waals surface area (Å²) < 4.78 is 1.24. The molecule has 2 aromatic rings. The van der Waals surface area contributed by atoms with Gasteiger partial charge in [-0.05, 0) is 6.92 Å². The topological polar surface area (TPSA) is 103 Å². The predicted octanol–water partition coefficient (Wildman–Crippen LogP) is 0.945. The van der Waals surface area contributed by atoms with Crippen LogP contribution in [0.25, 0.3) is 0 Å². The Morgan fingerprint density at radius 1 is 1.40 bits per heavy atom. The van der Waals surface area contributed by atoms with Crippen LogP contribution < -0.4 is 10.9 Å². The van der Waals surface area contributed by atoms with E-state index in [1.165, 1.54) is 36.1 Å². The molecule has 0 saturated carbocycles. The number of hydrogen-bond donors (Lipinski definition) is 1. The molecule has 0 unspecified atom stereocenters. The molecule has 0 aliphatic heterocycles. The fourth-order valence-electron chi connectivity index (χ4n) is 1.71. The lowest BCUT2D eigenvalue weighted by atomic mass is 10.2. The zero-order valence-electron chi connectivity index (χ0n) is 11.0. The highest BCUT2D eigenvalue weighted by Gasteiger charge is 2.13. The van der Waals surface area contributed by atoms with E-state index in [9.17, 15) is 14.9 Å². The monoisotopic (exact) mass is 275 g/mol. The number of nitrogens with zero attached hydrogens (tertiary/aromatic N) is 4. The second-order valence-corrected chi connectivity index (χ2v) is 4.21. The summed E-state index contributed by atoms with van der Waals surface area (Å²) in [7, 11) is 1.72. The third-order valence-corrected chi connectivity index (χ3v) is 2.80. The lowest BCUT2D eigenvalue weighted by molar-refractivity contribution is -0.385. The minimum Gasteiger partial charge on any atom is -0.372 e. The summed E-state index contributed by atoms with van der Waals surface area (Å²) in [5.74, 6) is 0.607. The number of anilines is 1. The van der Waals surface area contributed by atoms with Crippen LogP contribution in [0.4, 0.5) is 11.5 Å². The second kappa shape index (κ2) is 5.47. The van der Waals surface area contributed by atoms with Gasteiger partial charge in [-0.25, -0.2) is 4.98 Å². The van der Waals surface area contributed by atoms with Gasteiger partial charge in [-0.2, -0.15) is 0 Å². The number of nitrogens with one attached hydrogen (secondary N) is 1. The number of aryl methyl sites for hydroxylation is 1. The lowest BCUT2D eigenvalue weighted by Gasteiger charge is -2.06. The Morgan fingerprint density at radius 3 is 2.70 bits per heavy atom. The van der Waals surface area contributed by atoms with Crippen LogP contribution >= 0.6 is 0 Å². The lowest BCUT2D eigenvalue weighted by Crippen LogP contribution is -2.21. The highest BCUT2D eigenvalue weighted by molar-refractivity contribution is 5.36. The first kappa shape index (κ1) is 13.7. The molecule has 8 heteroatoms. The van der Waals surface area contributed by atoms with Crippen molar-refractivity contribution >= 4 is 11.5 Å². The molecule has 20 heavy (non-hydrogen) atoms. The normalized spacial score (nSPS) is 10.3. The molecule has 0 aliphatic carbocycles. The Kier molecular flexibility index (Phi) is 3.74. The van der Waals surface area contributed by atoms with Crippen molar-refractivity contribution in [3.8, 4) is 0 Å². The minimum atomic E-state index is -0.513. The molecule has 0 aliphatic rings. The minimum absolute atomic E-state index is 0.0931. The summed E-state index contributed by atoms with van der Waals surface area (Å²) in [6.07, 6.45) is 4.28. The zero-order valence-corrected chi connectivity index (χ0v) is 11.0. The molecule has 2 heterocycles. The van der Waals surface area contributed by atoms with Gasteiger partial charge in [0.15, 0.2) is 0 Å². The van der Waals surface area contributed by atoms with Gasteiger partial charge in [0.2, 0.25) is 0 Å². The van der Waals surface area contributed by atoms with Gasteiger partial charge >= 0.3 is 0 Å². The van der Waals surface area contributed by atoms with Crippen molar-refractivity contribution in [3.63, 3.8) is 0 Å². The maximum Gasteiger partial charge on any atom is 0.288 e. The molecular weight excluding hydrogens is 262 g/mol. The summed E-state index contributed by atoms with van der Waals surface area (Å²) in [6, 6.07) is 1.24. The molecular formula is C12H13N5O3. The summed E-state index contributed by atoms with van der Waals surface area (Å²) >= 11 is 0. The molecule has 8 nitrogen and oxygen atoms in total. The van der Waals surface area contributed by atoms with Crippen molar-refractivity contribution in [1.82, 2.24) is 14.5 Å². The van der Waals surface area contributed by atoms with Crippen molar-refractivity contribution in [2.45, 2.75) is 13.5 Å². The molecule has 2 aromatic heterocycles. The van der Waals surface area contributed by atoms with Crippen LogP contribution in [0.5, 0.6) is 0 Å². The molecule has 0 spiro atoms. The standard InChI is InChI=1S/C12H13N5O3/c1-8-3-12(18)16(7-10(8)17(19)20)6-9-4-15-11(13-2)5-14-9/h3-5,7H,6H2,1-2H3,(H,13,15). The van der Waals surface area contributed by atoms with Gasteiger partial charge in [-0.1, -0.05) is 0 Å². The van der Waals surface area contributed by atoms with E-state index in [0.29, 0.717) is 17.1 Å². The number of pyridine rings is 1. The summed E-state index contributed by atoms with van der Waals surface area (Å²) in [5.41, 5.74) is 0.481. The maximum atomic E-state index is 11.8. The molecule has 2 rings (SSSR count). The fourth-order valence-corrected chi connectivity index (χ4v) is 1.71. The van der Waals surface area contributed by atoms with Crippen LogP contribution in [0.1, 0.15) is 11.3 Å². The Morgan fingerprint density at radius 2 is 2.15 bits per heavy atom. The van der Waals surface area contributed by atoms with E-state index in [2.05, 4.69) is 15.3 Å². The van der Waals surface area contributed by atoms with Crippen LogP contribution in [0.15, 0.2) is 29.5 Å². The number of hydrogen-bond acceptors (Lipinski definition) is 6. The third-order valence-electron chi connectivity index (χ3n) is 2.80. The average molecular weight is 275 g/mol. The van der Waals surface area contributed by atoms with Crippen molar-refractivity contribution in [3.05, 3.63) is 56.4 Å². The molecule has 0 bridgehead atoms. The fraction of sp³-hybridized carbons (Fsp3) is 0.250. The smallest absolute Gasteiger partial charge is 0.288 e. The first-order valence-electron chi connectivity index (χ1n) is 5.85. The van der Waals surface area contributed by atoms with Crippen molar-refractivity contribution < 1.29 is 4.92 Å². The molecule has 0 amide bonds. The van der Waals surface area contributed by atoms with E-state index in [1.807, 2.05) is 0 Å². The number of rotatable bonds is 4. The van der Waals surface area contributed by atoms with E-state index >= 15 is 0 Å². The second-order valence-electron chi connectivity index (χ2n) is 4.21. The molecule has 0 radical (unpaired) electrons. The van der Waals surface area contributed by atoms with Crippen LogP contribution in [0.3, 0.4) is 0 Å². The van der Waals surface area contributed by atoms with E-state index in [-0.39, 0.29) is 17.8 Å². The van der Waals surface area contributed by atoms with E-state index in [0.717, 1.165) is 0 Å². The highest BCUT2D eigenvalue weighted by atomic mass is 16.6. The Hall–Kier alpha value is -2.77. The van der Waals surface area contributed by atoms with Gasteiger partial charge in [0, 0.05) is 18.7 Å². The molecule has 0 atom stereocenters. The molecule has 104 valence electrons. The van der Waals surface area contributed by atoms with Gasteiger partial charge in [-0.15, -0.1) is 0 Å². The van der Waals surface area contributed by atoms with E-state index in [1.54, 1.807) is 7.05 Å². The van der Waals surface area contributed by atoms with Gasteiger partial charge in [-0.3, -0.25) is 19.9 Å². The van der Waals surface area contributed by atoms with Crippen molar-refractivity contribution in [1.29, 1.82) is 0 Å². The van der Waals surface area contributed by atoms with Crippen LogP contribution in [-0.4, -0.2) is 26.5 Å². The largest absolute Gasteiger partial charge is 0.372 e. The van der Waals surface area contributed by atoms with Crippen LogP contribution in [0, 0.1) is 17.0 Å². The predicted molar refractivity (Wildman–Crippen MR) is 72.8 cm³/mol. The first-order valence-corrected chi connectivity index (χ1v) is 5.85. The van der Waals surface area contributed by atoms with Crippen LogP contribution in [0.2, 0.25) is 0 Å². The quantitative estimate of drug-likeness (QED) is 0.658. The molecule has 0 aromatic carbocycles. The summed E-state index contributed by atoms with van der Waals surface area (Å²) in [6.45, 7) is 1.67. The van der Waals surface area contributed by atoms with Crippen LogP contribution in [-0.2, 0) is 6.54 Å². The SMILES string of the molecule is CNc1cnc(Cn2cc([N+](=O)[O-])c(C)cc2=O)cn1. The average Bonchev–Trinajstić information content (AvgIpc) is 2.42. The Balaban J connectivity index is 2.35. The van der Waals surface area contributed by atoms with E-state index < -0.39 is 4.92 Å². The van der Waals surface area contributed by atoms with Gasteiger partial charge in [0.05, 0.1) is 35.8 Å². The molecule has 0 saturated heterocycles. The van der Waals surface area contributed by atoms with Crippen molar-refractivity contribution in [2.24, 2.45) is 0 Å². The Labute approximate surface area is 114 Å². The molecule has 0 fully saturated rings. The molecule has 1 N–H and O–H groups in total. The summed E-state index contributed by atoms with van der Waals surface area (Å²) in [4.78, 5) is 30.4. The number of nitro groups is 1. The maximum absolute atomic E-state index is 11.8. The third kappa shape index (κ3) is 2.79.